The number of hydrogen-bond acceptors (Lipinski definition) is 2. The highest BCUT2D eigenvalue weighted by atomic mass is 32.2. The van der Waals surface area contributed by atoms with E-state index < -0.39 is 0 Å². The van der Waals surface area contributed by atoms with Crippen LogP contribution in [0.3, 0.4) is 0 Å². The van der Waals surface area contributed by atoms with Gasteiger partial charge in [0.2, 0.25) is 0 Å². The summed E-state index contributed by atoms with van der Waals surface area (Å²) in [5.41, 5.74) is 1.21. The second kappa shape index (κ2) is 6.28. The Morgan fingerprint density at radius 2 is 2.15 bits per heavy atom. The summed E-state index contributed by atoms with van der Waals surface area (Å²) in [7, 11) is 2.13. The number of nitrogens with zero attached hydrogens (tertiary/aromatic N) is 1. The molecule has 0 amide bonds. The minimum absolute atomic E-state index is 0.509. The van der Waals surface area contributed by atoms with Gasteiger partial charge in [0.25, 0.3) is 0 Å². The fourth-order valence-electron chi connectivity index (χ4n) is 1.43. The van der Waals surface area contributed by atoms with Crippen LogP contribution in [0.4, 0.5) is 0 Å². The quantitative estimate of drug-likeness (QED) is 0.478. The summed E-state index contributed by atoms with van der Waals surface area (Å²) in [6.07, 6.45) is 4.15. The first kappa shape index (κ1) is 12.8. The molecule has 0 saturated heterocycles. The van der Waals surface area contributed by atoms with E-state index in [9.17, 15) is 0 Å². The predicted octanol–water partition coefficient (Wildman–Crippen LogP) is 3.01. The lowest BCUT2D eigenvalue weighted by Crippen LogP contribution is -2.34. The van der Waals surface area contributed by atoms with E-state index in [1.807, 2.05) is 17.8 Å². The summed E-state index contributed by atoms with van der Waals surface area (Å²) in [5, 5.41) is 0.509. The molecule has 1 unspecified atom stereocenters. The molecule has 0 aromatic carbocycles. The fraction of sp³-hybridized carbons (Fsp3) is 0.636. The van der Waals surface area contributed by atoms with E-state index in [0.717, 1.165) is 6.54 Å². The van der Waals surface area contributed by atoms with Gasteiger partial charge in [-0.3, -0.25) is 4.90 Å². The summed E-state index contributed by atoms with van der Waals surface area (Å²) < 4.78 is 0. The zero-order valence-corrected chi connectivity index (χ0v) is 10.0. The summed E-state index contributed by atoms with van der Waals surface area (Å²) in [5.74, 6) is 0.513. The standard InChI is InChI=1S/C11H21NS/c1-7-10(4)11(13-6)12(5)8-9(2)3/h7,10-11H,1-2,8H2,3-6H3/t10-,11?/m1/s1. The Labute approximate surface area is 86.9 Å². The van der Waals surface area contributed by atoms with Crippen LogP contribution >= 0.6 is 11.8 Å². The van der Waals surface area contributed by atoms with Crippen LogP contribution in [0.1, 0.15) is 13.8 Å². The first-order valence-corrected chi connectivity index (χ1v) is 5.81. The van der Waals surface area contributed by atoms with Crippen molar-refractivity contribution in [1.82, 2.24) is 4.90 Å². The third kappa shape index (κ3) is 4.53. The van der Waals surface area contributed by atoms with E-state index in [1.165, 1.54) is 5.57 Å². The second-order valence-corrected chi connectivity index (χ2v) is 4.55. The molecule has 0 N–H and O–H groups in total. The summed E-state index contributed by atoms with van der Waals surface area (Å²) >= 11 is 1.87. The van der Waals surface area contributed by atoms with Gasteiger partial charge in [-0.25, -0.2) is 0 Å². The van der Waals surface area contributed by atoms with Crippen LogP contribution in [0.25, 0.3) is 0 Å². The van der Waals surface area contributed by atoms with E-state index in [1.54, 1.807) is 0 Å². The predicted molar refractivity (Wildman–Crippen MR) is 64.1 cm³/mol. The Hall–Kier alpha value is -0.210. The summed E-state index contributed by atoms with van der Waals surface area (Å²) in [6, 6.07) is 0. The Morgan fingerprint density at radius 1 is 1.62 bits per heavy atom. The van der Waals surface area contributed by atoms with Gasteiger partial charge in [0, 0.05) is 6.54 Å². The minimum Gasteiger partial charge on any atom is -0.290 e. The molecule has 2 atom stereocenters. The van der Waals surface area contributed by atoms with Crippen molar-refractivity contribution in [2.75, 3.05) is 19.8 Å². The van der Waals surface area contributed by atoms with Crippen LogP contribution in [0.15, 0.2) is 24.8 Å². The third-order valence-electron chi connectivity index (χ3n) is 2.02. The molecule has 0 radical (unpaired) electrons. The molecule has 0 heterocycles. The van der Waals surface area contributed by atoms with Gasteiger partial charge < -0.3 is 0 Å². The SMILES string of the molecule is C=C[C@@H](C)C(SC)N(C)CC(=C)C. The molecule has 0 spiro atoms. The highest BCUT2D eigenvalue weighted by molar-refractivity contribution is 7.99. The largest absolute Gasteiger partial charge is 0.290 e. The molecule has 0 aliphatic rings. The molecule has 0 saturated carbocycles. The Morgan fingerprint density at radius 3 is 2.46 bits per heavy atom. The first-order chi connectivity index (χ1) is 6.02. The molecule has 0 bridgehead atoms. The van der Waals surface area contributed by atoms with Gasteiger partial charge >= 0.3 is 0 Å². The van der Waals surface area contributed by atoms with Crippen LogP contribution in [-0.2, 0) is 0 Å². The van der Waals surface area contributed by atoms with Crippen molar-refractivity contribution in [2.45, 2.75) is 19.2 Å². The topological polar surface area (TPSA) is 3.24 Å². The molecule has 0 fully saturated rings. The molecule has 0 aliphatic heterocycles. The molecule has 1 nitrogen and oxygen atoms in total. The van der Waals surface area contributed by atoms with Gasteiger partial charge in [-0.15, -0.1) is 18.3 Å². The zero-order valence-electron chi connectivity index (χ0n) is 9.21. The highest BCUT2D eigenvalue weighted by Crippen LogP contribution is 2.21. The van der Waals surface area contributed by atoms with Crippen molar-refractivity contribution in [3.63, 3.8) is 0 Å². The molecule has 0 aromatic heterocycles. The number of hydrogen-bond donors (Lipinski definition) is 0. The number of likely N-dealkylation sites (N-methyl/N-ethyl adjacent to an activating group) is 1. The maximum absolute atomic E-state index is 3.92. The zero-order chi connectivity index (χ0) is 10.4. The lowest BCUT2D eigenvalue weighted by molar-refractivity contribution is 0.302. The van der Waals surface area contributed by atoms with Gasteiger partial charge in [-0.05, 0) is 26.1 Å². The molecule has 0 aromatic rings. The smallest absolute Gasteiger partial charge is 0.0615 e. The molecular weight excluding hydrogens is 178 g/mol. The van der Waals surface area contributed by atoms with Gasteiger partial charge in [0.1, 0.15) is 0 Å². The third-order valence-corrected chi connectivity index (χ3v) is 3.29. The van der Waals surface area contributed by atoms with Gasteiger partial charge in [0.15, 0.2) is 0 Å². The van der Waals surface area contributed by atoms with Crippen molar-refractivity contribution in [2.24, 2.45) is 5.92 Å². The summed E-state index contributed by atoms with van der Waals surface area (Å²) in [6.45, 7) is 13.0. The Bertz CT molecular complexity index is 177. The Balaban J connectivity index is 4.21. The van der Waals surface area contributed by atoms with Gasteiger partial charge in [-0.2, -0.15) is 0 Å². The average molecular weight is 199 g/mol. The average Bonchev–Trinajstić information content (AvgIpc) is 2.03. The molecular formula is C11H21NS. The van der Waals surface area contributed by atoms with Crippen LogP contribution in [0.2, 0.25) is 0 Å². The molecule has 76 valence electrons. The highest BCUT2D eigenvalue weighted by Gasteiger charge is 2.17. The van der Waals surface area contributed by atoms with E-state index in [2.05, 4.69) is 45.2 Å². The fourth-order valence-corrected chi connectivity index (χ4v) is 2.40. The van der Waals surface area contributed by atoms with E-state index in [0.29, 0.717) is 11.3 Å². The molecule has 0 aliphatic carbocycles. The number of thioether (sulfide) groups is 1. The van der Waals surface area contributed by atoms with Crippen molar-refractivity contribution in [3.05, 3.63) is 24.8 Å². The second-order valence-electron chi connectivity index (χ2n) is 3.59. The Kier molecular flexibility index (Phi) is 6.17. The van der Waals surface area contributed by atoms with Crippen LogP contribution in [0, 0.1) is 5.92 Å². The molecule has 2 heteroatoms. The van der Waals surface area contributed by atoms with Crippen molar-refractivity contribution < 1.29 is 0 Å². The summed E-state index contributed by atoms with van der Waals surface area (Å²) in [4.78, 5) is 2.32. The monoisotopic (exact) mass is 199 g/mol. The lowest BCUT2D eigenvalue weighted by Gasteiger charge is -2.30. The van der Waals surface area contributed by atoms with E-state index in [-0.39, 0.29) is 0 Å². The van der Waals surface area contributed by atoms with Crippen molar-refractivity contribution in [1.29, 1.82) is 0 Å². The van der Waals surface area contributed by atoms with Crippen LogP contribution < -0.4 is 0 Å². The maximum Gasteiger partial charge on any atom is 0.0615 e. The van der Waals surface area contributed by atoms with Gasteiger partial charge in [-0.1, -0.05) is 25.2 Å². The molecule has 13 heavy (non-hydrogen) atoms. The van der Waals surface area contributed by atoms with Crippen molar-refractivity contribution >= 4 is 11.8 Å². The normalized spacial score (nSPS) is 15.5. The van der Waals surface area contributed by atoms with E-state index >= 15 is 0 Å². The van der Waals surface area contributed by atoms with Gasteiger partial charge in [0.05, 0.1) is 5.37 Å². The number of rotatable bonds is 6. The van der Waals surface area contributed by atoms with Crippen molar-refractivity contribution in [3.8, 4) is 0 Å². The van der Waals surface area contributed by atoms with E-state index in [4.69, 9.17) is 0 Å². The van der Waals surface area contributed by atoms with Crippen LogP contribution in [-0.4, -0.2) is 30.1 Å². The molecule has 0 rings (SSSR count). The lowest BCUT2D eigenvalue weighted by atomic mass is 10.1. The van der Waals surface area contributed by atoms with Crippen LogP contribution in [0.5, 0.6) is 0 Å². The minimum atomic E-state index is 0.509. The maximum atomic E-state index is 3.92. The first-order valence-electron chi connectivity index (χ1n) is 4.52.